The Bertz CT molecular complexity index is 865. The van der Waals surface area contributed by atoms with E-state index in [0.29, 0.717) is 18.6 Å². The van der Waals surface area contributed by atoms with E-state index >= 15 is 0 Å². The number of carbonyl (C=O) groups excluding carboxylic acids is 1. The minimum atomic E-state index is -0.989. The lowest BCUT2D eigenvalue weighted by atomic mass is 9.57. The van der Waals surface area contributed by atoms with Crippen molar-refractivity contribution in [2.75, 3.05) is 13.1 Å². The predicted molar refractivity (Wildman–Crippen MR) is 89.7 cm³/mol. The first kappa shape index (κ1) is 14.3. The van der Waals surface area contributed by atoms with Crippen molar-refractivity contribution in [1.29, 1.82) is 0 Å². The Labute approximate surface area is 145 Å². The molecular weight excluding hydrogens is 318 g/mol. The molecule has 3 unspecified atom stereocenters. The third-order valence-corrected chi connectivity index (χ3v) is 7.62. The summed E-state index contributed by atoms with van der Waals surface area (Å²) in [7, 11) is 0. The quantitative estimate of drug-likeness (QED) is 0.795. The monoisotopic (exact) mass is 339 g/mol. The Balaban J connectivity index is 1.66. The van der Waals surface area contributed by atoms with Gasteiger partial charge >= 0.3 is 0 Å². The fourth-order valence-corrected chi connectivity index (χ4v) is 7.19. The average molecular weight is 339 g/mol. The number of phenolic OH excluding ortho intramolecular Hbond substituents is 1. The zero-order chi connectivity index (χ0) is 17.2. The number of aromatic hydroxyl groups is 1. The number of ketones is 1. The second-order valence-corrected chi connectivity index (χ2v) is 8.64. The maximum absolute atomic E-state index is 12.8. The van der Waals surface area contributed by atoms with E-state index in [2.05, 4.69) is 11.5 Å². The molecule has 0 amide bonds. The van der Waals surface area contributed by atoms with E-state index in [1.165, 1.54) is 0 Å². The van der Waals surface area contributed by atoms with Gasteiger partial charge in [0.25, 0.3) is 0 Å². The van der Waals surface area contributed by atoms with Crippen molar-refractivity contribution in [1.82, 2.24) is 4.90 Å². The van der Waals surface area contributed by atoms with Gasteiger partial charge in [0.15, 0.2) is 23.4 Å². The first-order valence-electron chi connectivity index (χ1n) is 9.09. The van der Waals surface area contributed by atoms with Crippen molar-refractivity contribution in [3.8, 4) is 11.5 Å². The molecule has 5 atom stereocenters. The summed E-state index contributed by atoms with van der Waals surface area (Å²) < 4.78 is 6.05. The number of nitrogens with zero attached hydrogens (tertiary/aromatic N) is 1. The van der Waals surface area contributed by atoms with Crippen LogP contribution in [0.4, 0.5) is 0 Å². The summed E-state index contributed by atoms with van der Waals surface area (Å²) in [5.41, 5.74) is 0.346. The van der Waals surface area contributed by atoms with Crippen LogP contribution in [-0.4, -0.2) is 51.7 Å². The van der Waals surface area contributed by atoms with Crippen LogP contribution in [0.1, 0.15) is 30.4 Å². The molecule has 3 fully saturated rings. The van der Waals surface area contributed by atoms with Gasteiger partial charge in [-0.3, -0.25) is 9.69 Å². The van der Waals surface area contributed by atoms with Gasteiger partial charge in [0, 0.05) is 36.5 Å². The van der Waals surface area contributed by atoms with Crippen LogP contribution in [0.15, 0.2) is 24.8 Å². The number of Topliss-reactive ketones (excluding diaryl/α,β-unsaturated/α-hetero) is 1. The van der Waals surface area contributed by atoms with Gasteiger partial charge in [-0.1, -0.05) is 12.1 Å². The van der Waals surface area contributed by atoms with E-state index in [-0.39, 0.29) is 23.0 Å². The first-order chi connectivity index (χ1) is 12.0. The number of benzene rings is 1. The maximum Gasteiger partial charge on any atom is 0.174 e. The van der Waals surface area contributed by atoms with E-state index in [1.807, 2.05) is 12.1 Å². The first-order valence-corrected chi connectivity index (χ1v) is 9.09. The highest BCUT2D eigenvalue weighted by Gasteiger charge is 2.83. The number of ether oxygens (including phenoxy) is 1. The molecule has 25 heavy (non-hydrogen) atoms. The molecule has 6 rings (SSSR count). The molecule has 2 heterocycles. The summed E-state index contributed by atoms with van der Waals surface area (Å²) in [6.07, 6.45) is 3.68. The second kappa shape index (κ2) is 3.94. The zero-order valence-corrected chi connectivity index (χ0v) is 14.0. The molecule has 0 radical (unpaired) electrons. The van der Waals surface area contributed by atoms with Crippen LogP contribution in [-0.2, 0) is 16.6 Å². The standard InChI is InChI=1S/C20H21NO4/c1-2-7-21-10-18-8-11-3-4-12(22)15-14(11)19(9-18)16(25-15)13(23)5-6-20(19,24)17(18)21/h2-4,16-17,22,24H,1,5-10H2/t16-,17+,18?,19?,20?/m0/s1. The van der Waals surface area contributed by atoms with Gasteiger partial charge in [0.2, 0.25) is 0 Å². The lowest BCUT2D eigenvalue weighted by Crippen LogP contribution is -2.72. The normalized spacial score (nSPS) is 45.4. The average Bonchev–Trinajstić information content (AvgIpc) is 2.99. The number of hydrogen-bond donors (Lipinski definition) is 2. The Morgan fingerprint density at radius 3 is 3.08 bits per heavy atom. The molecule has 5 nitrogen and oxygen atoms in total. The molecule has 2 spiro atoms. The third kappa shape index (κ3) is 1.24. The number of rotatable bonds is 2. The van der Waals surface area contributed by atoms with Crippen LogP contribution < -0.4 is 4.74 Å². The zero-order valence-electron chi connectivity index (χ0n) is 14.0. The van der Waals surface area contributed by atoms with Gasteiger partial charge in [-0.05, 0) is 30.9 Å². The molecule has 130 valence electrons. The molecule has 3 aliphatic carbocycles. The van der Waals surface area contributed by atoms with Crippen LogP contribution >= 0.6 is 0 Å². The highest BCUT2D eigenvalue weighted by Crippen LogP contribution is 2.74. The van der Waals surface area contributed by atoms with Gasteiger partial charge in [-0.2, -0.15) is 0 Å². The van der Waals surface area contributed by atoms with Gasteiger partial charge in [0.05, 0.1) is 11.0 Å². The van der Waals surface area contributed by atoms with Crippen molar-refractivity contribution in [3.05, 3.63) is 35.9 Å². The summed E-state index contributed by atoms with van der Waals surface area (Å²) in [6, 6.07) is 3.65. The Kier molecular flexibility index (Phi) is 2.26. The van der Waals surface area contributed by atoms with Crippen LogP contribution in [0.2, 0.25) is 0 Å². The number of hydrogen-bond acceptors (Lipinski definition) is 5. The fraction of sp³-hybridized carbons (Fsp3) is 0.550. The summed E-state index contributed by atoms with van der Waals surface area (Å²) >= 11 is 0. The van der Waals surface area contributed by atoms with Crippen LogP contribution in [0.25, 0.3) is 0 Å². The van der Waals surface area contributed by atoms with Crippen LogP contribution in [0.3, 0.4) is 0 Å². The fourth-order valence-electron chi connectivity index (χ4n) is 7.19. The minimum absolute atomic E-state index is 0.00439. The van der Waals surface area contributed by atoms with E-state index in [1.54, 1.807) is 6.07 Å². The van der Waals surface area contributed by atoms with Crippen molar-refractivity contribution in [2.45, 2.75) is 48.8 Å². The summed E-state index contributed by atoms with van der Waals surface area (Å²) in [5.74, 6) is 0.568. The molecule has 1 saturated heterocycles. The molecule has 2 bridgehead atoms. The number of fused-ring (bicyclic) bond motifs is 1. The maximum atomic E-state index is 12.8. The van der Waals surface area contributed by atoms with Crippen LogP contribution in [0, 0.1) is 5.41 Å². The van der Waals surface area contributed by atoms with Crippen LogP contribution in [0.5, 0.6) is 11.5 Å². The molecule has 5 aliphatic rings. The topological polar surface area (TPSA) is 70.0 Å². The Morgan fingerprint density at radius 1 is 1.44 bits per heavy atom. The van der Waals surface area contributed by atoms with E-state index in [0.717, 1.165) is 37.1 Å². The summed E-state index contributed by atoms with van der Waals surface area (Å²) in [6.45, 7) is 5.53. The van der Waals surface area contributed by atoms with Crippen molar-refractivity contribution in [2.24, 2.45) is 5.41 Å². The molecule has 1 aromatic carbocycles. The highest BCUT2D eigenvalue weighted by molar-refractivity contribution is 5.90. The number of likely N-dealkylation sites (tertiary alicyclic amines) is 1. The van der Waals surface area contributed by atoms with Gasteiger partial charge in [0.1, 0.15) is 0 Å². The van der Waals surface area contributed by atoms with Gasteiger partial charge in [-0.15, -0.1) is 6.58 Å². The van der Waals surface area contributed by atoms with Gasteiger partial charge in [-0.25, -0.2) is 0 Å². The highest BCUT2D eigenvalue weighted by atomic mass is 16.5. The summed E-state index contributed by atoms with van der Waals surface area (Å²) in [4.78, 5) is 15.1. The number of aliphatic hydroxyl groups is 1. The molecule has 0 aromatic heterocycles. The molecule has 1 aromatic rings. The number of carbonyl (C=O) groups is 1. The molecule has 5 heteroatoms. The number of phenols is 1. The van der Waals surface area contributed by atoms with Crippen molar-refractivity contribution < 1.29 is 19.7 Å². The third-order valence-electron chi connectivity index (χ3n) is 7.62. The minimum Gasteiger partial charge on any atom is -0.504 e. The SMILES string of the molecule is C=CCN1CC23Cc4ccc(O)c5c4C4(C2)[C@@H](O5)C(=O)CCC4(O)[C@H]13. The molecule has 2 aliphatic heterocycles. The summed E-state index contributed by atoms with van der Waals surface area (Å²) in [5, 5.41) is 22.4. The largest absolute Gasteiger partial charge is 0.504 e. The Morgan fingerprint density at radius 2 is 2.28 bits per heavy atom. The van der Waals surface area contributed by atoms with E-state index in [4.69, 9.17) is 4.74 Å². The van der Waals surface area contributed by atoms with E-state index in [9.17, 15) is 15.0 Å². The molecule has 2 saturated carbocycles. The van der Waals surface area contributed by atoms with Crippen molar-refractivity contribution >= 4 is 5.78 Å². The lowest BCUT2D eigenvalue weighted by Gasteiger charge is -2.58. The molecular formula is C20H21NO4. The predicted octanol–water partition coefficient (Wildman–Crippen LogP) is 1.30. The smallest absolute Gasteiger partial charge is 0.174 e. The van der Waals surface area contributed by atoms with E-state index < -0.39 is 17.1 Å². The van der Waals surface area contributed by atoms with Crippen molar-refractivity contribution in [3.63, 3.8) is 0 Å². The lowest BCUT2D eigenvalue weighted by molar-refractivity contribution is -0.168. The Hall–Kier alpha value is -1.85. The second-order valence-electron chi connectivity index (χ2n) is 8.64. The van der Waals surface area contributed by atoms with Gasteiger partial charge < -0.3 is 14.9 Å². The molecule has 2 N–H and O–H groups in total.